The average molecular weight is 153 g/mol. The van der Waals surface area contributed by atoms with E-state index in [1.54, 1.807) is 18.3 Å². The molecular weight excluding hydrogens is 142 g/mol. The molecule has 1 aromatic rings. The van der Waals surface area contributed by atoms with Gasteiger partial charge in [-0.05, 0) is 19.0 Å². The fraction of sp³-hybridized carbons (Fsp3) is 0.429. The molecule has 0 amide bonds. The minimum absolute atomic E-state index is 0.556. The van der Waals surface area contributed by atoms with Gasteiger partial charge in [-0.3, -0.25) is 0 Å². The van der Waals surface area contributed by atoms with E-state index in [-0.39, 0.29) is 0 Å². The maximum Gasteiger partial charge on any atom is 0.233 e. The summed E-state index contributed by atoms with van der Waals surface area (Å²) < 4.78 is 5.19. The molecule has 11 heavy (non-hydrogen) atoms. The fourth-order valence-corrected chi connectivity index (χ4v) is 0.624. The van der Waals surface area contributed by atoms with Gasteiger partial charge in [-0.25, -0.2) is 0 Å². The van der Waals surface area contributed by atoms with Crippen molar-refractivity contribution in [3.05, 3.63) is 18.3 Å². The van der Waals surface area contributed by atoms with E-state index in [2.05, 4.69) is 10.2 Å². The molecule has 0 atom stereocenters. The molecule has 1 rings (SSSR count). The third-order valence-corrected chi connectivity index (χ3v) is 1.15. The molecule has 0 aliphatic carbocycles. The highest BCUT2D eigenvalue weighted by Gasteiger charge is 1.91. The zero-order valence-corrected chi connectivity index (χ0v) is 6.23. The minimum atomic E-state index is 0.556. The summed E-state index contributed by atoms with van der Waals surface area (Å²) in [7, 11) is 0. The Bertz CT molecular complexity index is 190. The molecule has 60 valence electrons. The summed E-state index contributed by atoms with van der Waals surface area (Å²) in [4.78, 5) is 0. The van der Waals surface area contributed by atoms with E-state index < -0.39 is 0 Å². The van der Waals surface area contributed by atoms with Gasteiger partial charge in [-0.2, -0.15) is 5.10 Å². The van der Waals surface area contributed by atoms with Crippen molar-refractivity contribution < 1.29 is 4.74 Å². The van der Waals surface area contributed by atoms with Gasteiger partial charge in [0.05, 0.1) is 6.61 Å². The monoisotopic (exact) mass is 153 g/mol. The van der Waals surface area contributed by atoms with Crippen LogP contribution in [0.1, 0.15) is 6.42 Å². The smallest absolute Gasteiger partial charge is 0.233 e. The Hall–Kier alpha value is -1.16. The summed E-state index contributed by atoms with van der Waals surface area (Å²) in [5, 5.41) is 7.39. The predicted molar refractivity (Wildman–Crippen MR) is 41.2 cm³/mol. The number of hydrogen-bond donors (Lipinski definition) is 1. The molecule has 0 aliphatic heterocycles. The number of ether oxygens (including phenoxy) is 1. The van der Waals surface area contributed by atoms with Crippen molar-refractivity contribution in [2.24, 2.45) is 5.73 Å². The van der Waals surface area contributed by atoms with Gasteiger partial charge in [0.2, 0.25) is 5.88 Å². The molecule has 4 heteroatoms. The van der Waals surface area contributed by atoms with E-state index in [0.29, 0.717) is 19.0 Å². The number of nitrogens with two attached hydrogens (primary N) is 1. The quantitative estimate of drug-likeness (QED) is 0.628. The molecule has 0 unspecified atom stereocenters. The SMILES string of the molecule is NCCCOc1cccnn1. The van der Waals surface area contributed by atoms with Gasteiger partial charge in [0.1, 0.15) is 0 Å². The Morgan fingerprint density at radius 3 is 3.09 bits per heavy atom. The highest BCUT2D eigenvalue weighted by atomic mass is 16.5. The molecule has 0 fully saturated rings. The van der Waals surface area contributed by atoms with E-state index in [1.165, 1.54) is 0 Å². The minimum Gasteiger partial charge on any atom is -0.477 e. The van der Waals surface area contributed by atoms with Crippen LogP contribution >= 0.6 is 0 Å². The van der Waals surface area contributed by atoms with Crippen molar-refractivity contribution in [3.63, 3.8) is 0 Å². The van der Waals surface area contributed by atoms with Gasteiger partial charge in [-0.1, -0.05) is 0 Å². The van der Waals surface area contributed by atoms with Crippen LogP contribution in [0.5, 0.6) is 5.88 Å². The Balaban J connectivity index is 2.28. The molecule has 0 aromatic carbocycles. The first-order valence-electron chi connectivity index (χ1n) is 3.54. The normalized spacial score (nSPS) is 9.55. The van der Waals surface area contributed by atoms with E-state index in [1.807, 2.05) is 0 Å². The molecule has 0 saturated heterocycles. The van der Waals surface area contributed by atoms with Crippen molar-refractivity contribution in [1.82, 2.24) is 10.2 Å². The van der Waals surface area contributed by atoms with Gasteiger partial charge in [0.25, 0.3) is 0 Å². The van der Waals surface area contributed by atoms with Crippen LogP contribution in [-0.2, 0) is 0 Å². The Kier molecular flexibility index (Phi) is 3.34. The van der Waals surface area contributed by atoms with E-state index in [4.69, 9.17) is 10.5 Å². The zero-order chi connectivity index (χ0) is 7.94. The highest BCUT2D eigenvalue weighted by molar-refractivity contribution is 5.04. The third kappa shape index (κ3) is 2.95. The third-order valence-electron chi connectivity index (χ3n) is 1.15. The number of nitrogens with zero attached hydrogens (tertiary/aromatic N) is 2. The van der Waals surface area contributed by atoms with Crippen LogP contribution in [0.15, 0.2) is 18.3 Å². The summed E-state index contributed by atoms with van der Waals surface area (Å²) >= 11 is 0. The molecule has 0 aliphatic rings. The lowest BCUT2D eigenvalue weighted by Crippen LogP contribution is -2.06. The molecule has 4 nitrogen and oxygen atoms in total. The average Bonchev–Trinajstić information content (AvgIpc) is 2.07. The van der Waals surface area contributed by atoms with Crippen LogP contribution in [0.25, 0.3) is 0 Å². The van der Waals surface area contributed by atoms with Crippen molar-refractivity contribution in [3.8, 4) is 5.88 Å². The first kappa shape index (κ1) is 7.94. The van der Waals surface area contributed by atoms with Gasteiger partial charge >= 0.3 is 0 Å². The van der Waals surface area contributed by atoms with Crippen LogP contribution < -0.4 is 10.5 Å². The first-order valence-corrected chi connectivity index (χ1v) is 3.54. The number of aromatic nitrogens is 2. The Morgan fingerprint density at radius 1 is 1.55 bits per heavy atom. The molecule has 2 N–H and O–H groups in total. The summed E-state index contributed by atoms with van der Waals surface area (Å²) in [5.41, 5.74) is 5.28. The Morgan fingerprint density at radius 2 is 2.45 bits per heavy atom. The van der Waals surface area contributed by atoms with Crippen molar-refractivity contribution in [1.29, 1.82) is 0 Å². The Labute approximate surface area is 65.4 Å². The molecule has 0 spiro atoms. The van der Waals surface area contributed by atoms with Crippen LogP contribution in [0, 0.1) is 0 Å². The van der Waals surface area contributed by atoms with Gasteiger partial charge in [0, 0.05) is 12.3 Å². The standard InChI is InChI=1S/C7H11N3O/c8-4-2-6-11-7-3-1-5-9-10-7/h1,3,5H,2,4,6,8H2. The molecule has 1 aromatic heterocycles. The van der Waals surface area contributed by atoms with Crippen LogP contribution in [0.4, 0.5) is 0 Å². The lowest BCUT2D eigenvalue weighted by Gasteiger charge is -2.00. The molecule has 1 heterocycles. The fourth-order valence-electron chi connectivity index (χ4n) is 0.624. The topological polar surface area (TPSA) is 61.0 Å². The van der Waals surface area contributed by atoms with Crippen molar-refractivity contribution in [2.75, 3.05) is 13.2 Å². The highest BCUT2D eigenvalue weighted by Crippen LogP contribution is 2.00. The van der Waals surface area contributed by atoms with E-state index >= 15 is 0 Å². The van der Waals surface area contributed by atoms with Crippen molar-refractivity contribution in [2.45, 2.75) is 6.42 Å². The van der Waals surface area contributed by atoms with Crippen molar-refractivity contribution >= 4 is 0 Å². The van der Waals surface area contributed by atoms with Gasteiger partial charge < -0.3 is 10.5 Å². The largest absolute Gasteiger partial charge is 0.477 e. The van der Waals surface area contributed by atoms with Gasteiger partial charge in [0.15, 0.2) is 0 Å². The predicted octanol–water partition coefficient (Wildman–Crippen LogP) is 0.204. The summed E-state index contributed by atoms with van der Waals surface area (Å²) in [6.07, 6.45) is 2.45. The summed E-state index contributed by atoms with van der Waals surface area (Å²) in [6.45, 7) is 1.25. The molecule has 0 bridgehead atoms. The number of hydrogen-bond acceptors (Lipinski definition) is 4. The lowest BCUT2D eigenvalue weighted by molar-refractivity contribution is 0.298. The second-order valence-corrected chi connectivity index (χ2v) is 2.05. The van der Waals surface area contributed by atoms with Crippen LogP contribution in [0.3, 0.4) is 0 Å². The van der Waals surface area contributed by atoms with Gasteiger partial charge in [-0.15, -0.1) is 5.10 Å². The maximum absolute atomic E-state index is 5.28. The maximum atomic E-state index is 5.28. The van der Waals surface area contributed by atoms with E-state index in [9.17, 15) is 0 Å². The molecule has 0 radical (unpaired) electrons. The number of rotatable bonds is 4. The zero-order valence-electron chi connectivity index (χ0n) is 6.23. The van der Waals surface area contributed by atoms with E-state index in [0.717, 1.165) is 6.42 Å². The molecule has 0 saturated carbocycles. The molecular formula is C7H11N3O. The lowest BCUT2D eigenvalue weighted by atomic mass is 10.5. The summed E-state index contributed by atoms with van der Waals surface area (Å²) in [5.74, 6) is 0.556. The van der Waals surface area contributed by atoms with Crippen LogP contribution in [-0.4, -0.2) is 23.3 Å². The second-order valence-electron chi connectivity index (χ2n) is 2.05. The first-order chi connectivity index (χ1) is 5.43. The second kappa shape index (κ2) is 4.62. The summed E-state index contributed by atoms with van der Waals surface area (Å²) in [6, 6.07) is 3.55. The van der Waals surface area contributed by atoms with Crippen LogP contribution in [0.2, 0.25) is 0 Å².